The zero-order valence-corrected chi connectivity index (χ0v) is 30.0. The molecule has 0 saturated carbocycles. The highest BCUT2D eigenvalue weighted by molar-refractivity contribution is 7.07. The van der Waals surface area contributed by atoms with E-state index in [9.17, 15) is 4.79 Å². The maximum absolute atomic E-state index is 13.1. The predicted molar refractivity (Wildman–Crippen MR) is 199 cm³/mol. The van der Waals surface area contributed by atoms with E-state index in [1.54, 1.807) is 35.2 Å². The van der Waals surface area contributed by atoms with Gasteiger partial charge in [-0.15, -0.1) is 11.3 Å². The molecule has 3 heterocycles. The van der Waals surface area contributed by atoms with Crippen LogP contribution in [0.4, 0.5) is 0 Å². The van der Waals surface area contributed by atoms with Crippen molar-refractivity contribution in [2.45, 2.75) is 53.4 Å². The molecule has 1 aliphatic heterocycles. The fourth-order valence-electron chi connectivity index (χ4n) is 5.84. The van der Waals surface area contributed by atoms with Crippen LogP contribution in [0.3, 0.4) is 0 Å². The number of piperazine rings is 1. The molecular formula is C41H44N4O4S. The average molecular weight is 689 g/mol. The number of nitrogens with zero attached hydrogens (tertiary/aromatic N) is 4. The lowest BCUT2D eigenvalue weighted by atomic mass is 10.0. The van der Waals surface area contributed by atoms with Crippen molar-refractivity contribution in [2.75, 3.05) is 26.2 Å². The third-order valence-corrected chi connectivity index (χ3v) is 9.39. The molecule has 3 aromatic carbocycles. The second-order valence-corrected chi connectivity index (χ2v) is 13.7. The first-order valence-electron chi connectivity index (χ1n) is 17.0. The number of carbonyl (C=O) groups excluding carboxylic acids is 1. The van der Waals surface area contributed by atoms with Crippen LogP contribution in [0, 0.1) is 13.8 Å². The smallest absolute Gasteiger partial charge is 0.246 e. The summed E-state index contributed by atoms with van der Waals surface area (Å²) in [4.78, 5) is 26.0. The van der Waals surface area contributed by atoms with Gasteiger partial charge in [-0.1, -0.05) is 50.2 Å². The van der Waals surface area contributed by atoms with Gasteiger partial charge in [0.2, 0.25) is 11.8 Å². The van der Waals surface area contributed by atoms with E-state index in [1.807, 2.05) is 60.5 Å². The molecule has 0 aliphatic carbocycles. The van der Waals surface area contributed by atoms with Gasteiger partial charge in [-0.05, 0) is 89.6 Å². The maximum atomic E-state index is 13.1. The standard InChI is InChI=1S/C41H44N4O4S/c1-29(2)35-10-12-37(13-11-35)47-25-33-7-5-32(6-8-33)24-44-17-19-45(20-18-44)40(46)16-9-34-21-30(3)41(31(4)22-34)49-39-15-14-38(23-42-39)48-26-36-27-50-28-43-36/h5-16,21-23,27-29H,17-20,24-26H2,1-4H3/b16-9+. The van der Waals surface area contributed by atoms with Gasteiger partial charge in [0.1, 0.15) is 30.5 Å². The van der Waals surface area contributed by atoms with Crippen LogP contribution >= 0.6 is 11.3 Å². The first-order valence-corrected chi connectivity index (χ1v) is 18.0. The van der Waals surface area contributed by atoms with Gasteiger partial charge in [0.05, 0.1) is 17.4 Å². The van der Waals surface area contributed by atoms with E-state index in [-0.39, 0.29) is 5.91 Å². The second-order valence-electron chi connectivity index (χ2n) is 13.0. The summed E-state index contributed by atoms with van der Waals surface area (Å²) in [5.41, 5.74) is 9.28. The number of ether oxygens (including phenoxy) is 3. The molecule has 0 N–H and O–H groups in total. The fourth-order valence-corrected chi connectivity index (χ4v) is 6.38. The van der Waals surface area contributed by atoms with Gasteiger partial charge in [-0.25, -0.2) is 9.97 Å². The minimum absolute atomic E-state index is 0.0322. The summed E-state index contributed by atoms with van der Waals surface area (Å²) in [7, 11) is 0. The molecule has 0 atom stereocenters. The molecule has 0 radical (unpaired) electrons. The monoisotopic (exact) mass is 688 g/mol. The summed E-state index contributed by atoms with van der Waals surface area (Å²) in [5.74, 6) is 3.33. The van der Waals surface area contributed by atoms with Crippen molar-refractivity contribution >= 4 is 23.3 Å². The Kier molecular flexibility index (Phi) is 11.6. The number of hydrogen-bond donors (Lipinski definition) is 0. The molecule has 2 aromatic heterocycles. The summed E-state index contributed by atoms with van der Waals surface area (Å²) in [6.07, 6.45) is 5.21. The SMILES string of the molecule is Cc1cc(/C=C/C(=O)N2CCN(Cc3ccc(COc4ccc(C(C)C)cc4)cc3)CC2)cc(C)c1Oc1ccc(OCc2cscn2)cn1. The van der Waals surface area contributed by atoms with E-state index in [1.165, 1.54) is 11.1 Å². The van der Waals surface area contributed by atoms with Crippen molar-refractivity contribution in [3.63, 3.8) is 0 Å². The van der Waals surface area contributed by atoms with Gasteiger partial charge >= 0.3 is 0 Å². The van der Waals surface area contributed by atoms with E-state index in [0.29, 0.717) is 43.9 Å². The number of amides is 1. The van der Waals surface area contributed by atoms with Crippen molar-refractivity contribution in [3.05, 3.63) is 135 Å². The van der Waals surface area contributed by atoms with Crippen LogP contribution in [0.2, 0.25) is 0 Å². The van der Waals surface area contributed by atoms with Crippen LogP contribution < -0.4 is 14.2 Å². The molecule has 0 unspecified atom stereocenters. The van der Waals surface area contributed by atoms with Gasteiger partial charge < -0.3 is 19.1 Å². The molecule has 50 heavy (non-hydrogen) atoms. The van der Waals surface area contributed by atoms with Crippen molar-refractivity contribution < 1.29 is 19.0 Å². The lowest BCUT2D eigenvalue weighted by molar-refractivity contribution is -0.127. The zero-order valence-electron chi connectivity index (χ0n) is 29.2. The van der Waals surface area contributed by atoms with Crippen molar-refractivity contribution in [3.8, 4) is 23.1 Å². The molecule has 0 spiro atoms. The normalized spacial score (nSPS) is 13.6. The molecular weight excluding hydrogens is 645 g/mol. The number of benzene rings is 3. The number of carbonyl (C=O) groups is 1. The fraction of sp³-hybridized carbons (Fsp3) is 0.293. The molecule has 1 saturated heterocycles. The minimum Gasteiger partial charge on any atom is -0.489 e. The maximum Gasteiger partial charge on any atom is 0.246 e. The highest BCUT2D eigenvalue weighted by Gasteiger charge is 2.20. The van der Waals surface area contributed by atoms with Crippen LogP contribution in [-0.2, 0) is 24.6 Å². The quantitative estimate of drug-likeness (QED) is 0.115. The van der Waals surface area contributed by atoms with Crippen LogP contribution in [-0.4, -0.2) is 51.9 Å². The van der Waals surface area contributed by atoms with Crippen LogP contribution in [0.5, 0.6) is 23.1 Å². The molecule has 1 aliphatic rings. The molecule has 8 nitrogen and oxygen atoms in total. The predicted octanol–water partition coefficient (Wildman–Crippen LogP) is 8.59. The van der Waals surface area contributed by atoms with Gasteiger partial charge in [0.25, 0.3) is 0 Å². The number of hydrogen-bond acceptors (Lipinski definition) is 8. The topological polar surface area (TPSA) is 77.0 Å². The van der Waals surface area contributed by atoms with E-state index in [2.05, 4.69) is 65.1 Å². The number of aryl methyl sites for hydroxylation is 2. The van der Waals surface area contributed by atoms with Crippen molar-refractivity contribution in [2.24, 2.45) is 0 Å². The summed E-state index contributed by atoms with van der Waals surface area (Å²) < 4.78 is 17.9. The Balaban J connectivity index is 0.938. The Labute approximate surface area is 299 Å². The molecule has 9 heteroatoms. The van der Waals surface area contributed by atoms with E-state index < -0.39 is 0 Å². The van der Waals surface area contributed by atoms with Crippen LogP contribution in [0.25, 0.3) is 6.08 Å². The molecule has 1 amide bonds. The zero-order chi connectivity index (χ0) is 34.9. The third kappa shape index (κ3) is 9.58. The van der Waals surface area contributed by atoms with E-state index in [4.69, 9.17) is 14.2 Å². The van der Waals surface area contributed by atoms with Gasteiger partial charge in [0, 0.05) is 50.2 Å². The molecule has 5 aromatic rings. The summed E-state index contributed by atoms with van der Waals surface area (Å²) in [6.45, 7) is 13.3. The number of rotatable bonds is 13. The third-order valence-electron chi connectivity index (χ3n) is 8.75. The number of aromatic nitrogens is 2. The van der Waals surface area contributed by atoms with Crippen LogP contribution in [0.15, 0.2) is 96.0 Å². The highest BCUT2D eigenvalue weighted by atomic mass is 32.1. The molecule has 0 bridgehead atoms. The summed E-state index contributed by atoms with van der Waals surface area (Å²) in [5, 5.41) is 1.96. The molecule has 1 fully saturated rings. The highest BCUT2D eigenvalue weighted by Crippen LogP contribution is 2.30. The summed E-state index contributed by atoms with van der Waals surface area (Å²) >= 11 is 1.54. The number of thiazole rings is 1. The van der Waals surface area contributed by atoms with Crippen LogP contribution in [0.1, 0.15) is 58.8 Å². The lowest BCUT2D eigenvalue weighted by Crippen LogP contribution is -2.47. The van der Waals surface area contributed by atoms with Gasteiger partial charge in [0.15, 0.2) is 0 Å². The minimum atomic E-state index is 0.0322. The first kappa shape index (κ1) is 34.9. The average Bonchev–Trinajstić information content (AvgIpc) is 3.66. The Morgan fingerprint density at radius 3 is 2.16 bits per heavy atom. The molecule has 258 valence electrons. The lowest BCUT2D eigenvalue weighted by Gasteiger charge is -2.34. The van der Waals surface area contributed by atoms with Gasteiger partial charge in [-0.3, -0.25) is 9.69 Å². The Morgan fingerprint density at radius 1 is 0.840 bits per heavy atom. The van der Waals surface area contributed by atoms with E-state index >= 15 is 0 Å². The Morgan fingerprint density at radius 2 is 1.52 bits per heavy atom. The number of pyridine rings is 1. The second kappa shape index (κ2) is 16.6. The Hall–Kier alpha value is -4.99. The van der Waals surface area contributed by atoms with Gasteiger partial charge in [-0.2, -0.15) is 0 Å². The Bertz CT molecular complexity index is 1840. The van der Waals surface area contributed by atoms with Crippen molar-refractivity contribution in [1.82, 2.24) is 19.8 Å². The molecule has 6 rings (SSSR count). The largest absolute Gasteiger partial charge is 0.489 e. The first-order chi connectivity index (χ1) is 24.3. The van der Waals surface area contributed by atoms with Crippen molar-refractivity contribution in [1.29, 1.82) is 0 Å². The summed E-state index contributed by atoms with van der Waals surface area (Å²) in [6, 6.07) is 24.7. The van der Waals surface area contributed by atoms with E-state index in [0.717, 1.165) is 59.1 Å².